The highest BCUT2D eigenvalue weighted by atomic mass is 19.3. The number of halogens is 2. The Morgan fingerprint density at radius 2 is 1.85 bits per heavy atom. The summed E-state index contributed by atoms with van der Waals surface area (Å²) in [6.45, 7) is 9.30. The van der Waals surface area contributed by atoms with E-state index < -0.39 is 5.92 Å². The van der Waals surface area contributed by atoms with E-state index in [-0.39, 0.29) is 18.8 Å². The van der Waals surface area contributed by atoms with Gasteiger partial charge in [-0.15, -0.1) is 0 Å². The maximum Gasteiger partial charge on any atom is 0.249 e. The van der Waals surface area contributed by atoms with Gasteiger partial charge in [-0.1, -0.05) is 36.5 Å². The van der Waals surface area contributed by atoms with Crippen LogP contribution in [0, 0.1) is 5.92 Å². The van der Waals surface area contributed by atoms with Crippen LogP contribution in [-0.2, 0) is 0 Å². The summed E-state index contributed by atoms with van der Waals surface area (Å²) >= 11 is 0. The lowest BCUT2D eigenvalue weighted by Crippen LogP contribution is -2.35. The molecule has 1 saturated carbocycles. The molecule has 0 spiro atoms. The number of alkyl halides is 2. The first kappa shape index (κ1) is 10.2. The van der Waals surface area contributed by atoms with Crippen LogP contribution in [0.3, 0.4) is 0 Å². The highest BCUT2D eigenvalue weighted by molar-refractivity contribution is 5.27. The number of rotatable bonds is 3. The zero-order valence-corrected chi connectivity index (χ0v) is 7.82. The molecule has 72 valence electrons. The van der Waals surface area contributed by atoms with Gasteiger partial charge in [0.2, 0.25) is 5.92 Å². The summed E-state index contributed by atoms with van der Waals surface area (Å²) in [6, 6.07) is 0. The smallest absolute Gasteiger partial charge is 0.207 e. The van der Waals surface area contributed by atoms with Crippen molar-refractivity contribution in [1.29, 1.82) is 0 Å². The van der Waals surface area contributed by atoms with Crippen molar-refractivity contribution in [2.45, 2.75) is 25.7 Å². The van der Waals surface area contributed by atoms with Crippen molar-refractivity contribution in [2.75, 3.05) is 0 Å². The van der Waals surface area contributed by atoms with E-state index in [1.54, 1.807) is 12.2 Å². The minimum absolute atomic E-state index is 0.0365. The molecule has 0 atom stereocenters. The Morgan fingerprint density at radius 1 is 1.31 bits per heavy atom. The van der Waals surface area contributed by atoms with E-state index >= 15 is 0 Å². The average molecular weight is 184 g/mol. The SMILES string of the molecule is C=C(C)/C=C\C(=C)C1CC(F)(F)C1. The molecule has 1 fully saturated rings. The third-order valence-corrected chi connectivity index (χ3v) is 2.20. The fraction of sp³-hybridized carbons (Fsp3) is 0.455. The summed E-state index contributed by atoms with van der Waals surface area (Å²) in [7, 11) is 0. The topological polar surface area (TPSA) is 0 Å². The monoisotopic (exact) mass is 184 g/mol. The van der Waals surface area contributed by atoms with Crippen LogP contribution in [0.4, 0.5) is 8.78 Å². The second-order valence-corrected chi connectivity index (χ2v) is 3.72. The van der Waals surface area contributed by atoms with Crippen molar-refractivity contribution in [3.8, 4) is 0 Å². The number of allylic oxidation sites excluding steroid dienone is 4. The van der Waals surface area contributed by atoms with Gasteiger partial charge in [0.25, 0.3) is 0 Å². The molecular formula is C11H14F2. The van der Waals surface area contributed by atoms with Gasteiger partial charge in [0, 0.05) is 12.8 Å². The van der Waals surface area contributed by atoms with Crippen LogP contribution in [0.15, 0.2) is 36.5 Å². The van der Waals surface area contributed by atoms with E-state index in [0.717, 1.165) is 11.1 Å². The van der Waals surface area contributed by atoms with Gasteiger partial charge in [-0.3, -0.25) is 0 Å². The first-order valence-corrected chi connectivity index (χ1v) is 4.31. The Morgan fingerprint density at radius 3 is 2.23 bits per heavy atom. The molecule has 1 aliphatic carbocycles. The first-order valence-electron chi connectivity index (χ1n) is 4.31. The molecule has 0 amide bonds. The van der Waals surface area contributed by atoms with Gasteiger partial charge in [0.1, 0.15) is 0 Å². The molecule has 0 N–H and O–H groups in total. The second kappa shape index (κ2) is 3.44. The molecule has 0 radical (unpaired) electrons. The van der Waals surface area contributed by atoms with Gasteiger partial charge in [0.15, 0.2) is 0 Å². The van der Waals surface area contributed by atoms with E-state index in [1.165, 1.54) is 0 Å². The quantitative estimate of drug-likeness (QED) is 0.586. The van der Waals surface area contributed by atoms with Crippen molar-refractivity contribution in [3.05, 3.63) is 36.5 Å². The van der Waals surface area contributed by atoms with Crippen LogP contribution >= 0.6 is 0 Å². The minimum Gasteiger partial charge on any atom is -0.207 e. The van der Waals surface area contributed by atoms with Crippen molar-refractivity contribution in [1.82, 2.24) is 0 Å². The zero-order valence-electron chi connectivity index (χ0n) is 7.82. The summed E-state index contributed by atoms with van der Waals surface area (Å²) in [5, 5.41) is 0. The third kappa shape index (κ3) is 2.79. The van der Waals surface area contributed by atoms with Gasteiger partial charge >= 0.3 is 0 Å². The zero-order chi connectivity index (χ0) is 10.1. The lowest BCUT2D eigenvalue weighted by Gasteiger charge is -2.35. The summed E-state index contributed by atoms with van der Waals surface area (Å²) < 4.78 is 24.9. The highest BCUT2D eigenvalue weighted by Crippen LogP contribution is 2.45. The summed E-state index contributed by atoms with van der Waals surface area (Å²) in [5.74, 6) is -2.49. The molecule has 0 aromatic carbocycles. The Hall–Kier alpha value is -0.920. The maximum atomic E-state index is 12.5. The molecule has 1 rings (SSSR count). The lowest BCUT2D eigenvalue weighted by molar-refractivity contribution is -0.0983. The third-order valence-electron chi connectivity index (χ3n) is 2.20. The molecular weight excluding hydrogens is 170 g/mol. The molecule has 0 saturated heterocycles. The van der Waals surface area contributed by atoms with E-state index in [4.69, 9.17) is 0 Å². The molecule has 2 heteroatoms. The van der Waals surface area contributed by atoms with Crippen LogP contribution in [0.25, 0.3) is 0 Å². The summed E-state index contributed by atoms with van der Waals surface area (Å²) in [6.07, 6.45) is 3.49. The Balaban J connectivity index is 2.40. The minimum atomic E-state index is -2.45. The van der Waals surface area contributed by atoms with E-state index in [0.29, 0.717) is 0 Å². The summed E-state index contributed by atoms with van der Waals surface area (Å²) in [5.41, 5.74) is 1.70. The number of hydrogen-bond donors (Lipinski definition) is 0. The molecule has 0 nitrogen and oxygen atoms in total. The highest BCUT2D eigenvalue weighted by Gasteiger charge is 2.45. The fourth-order valence-electron chi connectivity index (χ4n) is 1.31. The normalized spacial score (nSPS) is 21.5. The van der Waals surface area contributed by atoms with Crippen LogP contribution in [-0.4, -0.2) is 5.92 Å². The lowest BCUT2D eigenvalue weighted by atomic mass is 9.77. The fourth-order valence-corrected chi connectivity index (χ4v) is 1.31. The van der Waals surface area contributed by atoms with Crippen LogP contribution < -0.4 is 0 Å². The van der Waals surface area contributed by atoms with Crippen molar-refractivity contribution in [2.24, 2.45) is 5.92 Å². The average Bonchev–Trinajstić information content (AvgIpc) is 1.95. The molecule has 0 aromatic heterocycles. The van der Waals surface area contributed by atoms with Crippen molar-refractivity contribution >= 4 is 0 Å². The Kier molecular flexibility index (Phi) is 2.69. The second-order valence-electron chi connectivity index (χ2n) is 3.72. The Labute approximate surface area is 77.6 Å². The molecule has 0 heterocycles. The number of hydrogen-bond acceptors (Lipinski definition) is 0. The molecule has 13 heavy (non-hydrogen) atoms. The molecule has 0 bridgehead atoms. The molecule has 0 aliphatic heterocycles. The van der Waals surface area contributed by atoms with Crippen LogP contribution in [0.5, 0.6) is 0 Å². The van der Waals surface area contributed by atoms with Crippen molar-refractivity contribution in [3.63, 3.8) is 0 Å². The molecule has 0 aromatic rings. The molecule has 1 aliphatic rings. The van der Waals surface area contributed by atoms with Gasteiger partial charge in [-0.05, 0) is 12.8 Å². The first-order chi connectivity index (χ1) is 5.91. The predicted octanol–water partition coefficient (Wildman–Crippen LogP) is 3.72. The standard InChI is InChI=1S/C11H14F2/c1-8(2)4-5-9(3)10-6-11(12,13)7-10/h4-5,10H,1,3,6-7H2,2H3/b5-4-. The van der Waals surface area contributed by atoms with Gasteiger partial charge in [0.05, 0.1) is 0 Å². The summed E-state index contributed by atoms with van der Waals surface area (Å²) in [4.78, 5) is 0. The molecule has 0 unspecified atom stereocenters. The van der Waals surface area contributed by atoms with E-state index in [9.17, 15) is 8.78 Å². The van der Waals surface area contributed by atoms with E-state index in [1.807, 2.05) is 6.92 Å². The van der Waals surface area contributed by atoms with Crippen LogP contribution in [0.1, 0.15) is 19.8 Å². The van der Waals surface area contributed by atoms with Gasteiger partial charge in [-0.25, -0.2) is 8.78 Å². The largest absolute Gasteiger partial charge is 0.249 e. The predicted molar refractivity (Wildman–Crippen MR) is 50.8 cm³/mol. The Bertz CT molecular complexity index is 253. The maximum absolute atomic E-state index is 12.5. The van der Waals surface area contributed by atoms with Gasteiger partial charge < -0.3 is 0 Å². The van der Waals surface area contributed by atoms with E-state index in [2.05, 4.69) is 13.2 Å². The van der Waals surface area contributed by atoms with Gasteiger partial charge in [-0.2, -0.15) is 0 Å². The van der Waals surface area contributed by atoms with Crippen LogP contribution in [0.2, 0.25) is 0 Å². The van der Waals surface area contributed by atoms with Crippen molar-refractivity contribution < 1.29 is 8.78 Å².